The molecule has 2 rings (SSSR count). The Bertz CT molecular complexity index is 499. The van der Waals surface area contributed by atoms with Gasteiger partial charge in [0.05, 0.1) is 0 Å². The summed E-state index contributed by atoms with van der Waals surface area (Å²) < 4.78 is 2.35. The molecule has 0 aliphatic heterocycles. The van der Waals surface area contributed by atoms with Crippen LogP contribution in [0.5, 0.6) is 0 Å². The third-order valence-corrected chi connectivity index (χ3v) is 5.02. The summed E-state index contributed by atoms with van der Waals surface area (Å²) in [5.74, 6) is 0. The highest BCUT2D eigenvalue weighted by Crippen LogP contribution is 2.33. The van der Waals surface area contributed by atoms with Crippen molar-refractivity contribution < 1.29 is 0 Å². The predicted octanol–water partition coefficient (Wildman–Crippen LogP) is 5.86. The van der Waals surface area contributed by atoms with E-state index in [0.717, 1.165) is 9.50 Å². The Hall–Kier alpha value is 0.290. The van der Waals surface area contributed by atoms with Gasteiger partial charge >= 0.3 is 0 Å². The molecule has 0 fully saturated rings. The highest BCUT2D eigenvalue weighted by molar-refractivity contribution is 14.1. The lowest BCUT2D eigenvalue weighted by Gasteiger charge is -2.04. The zero-order chi connectivity index (χ0) is 11.5. The summed E-state index contributed by atoms with van der Waals surface area (Å²) in [6.07, 6.45) is 0. The molecule has 4 heteroatoms. The van der Waals surface area contributed by atoms with Crippen LogP contribution >= 0.6 is 61.9 Å². The summed E-state index contributed by atoms with van der Waals surface area (Å²) >= 11 is 13.4. The Kier molecular flexibility index (Phi) is 4.58. The van der Waals surface area contributed by atoms with Gasteiger partial charge in [-0.15, -0.1) is 0 Å². The van der Waals surface area contributed by atoms with Crippen molar-refractivity contribution in [2.75, 3.05) is 0 Å². The number of halogens is 3. The van der Waals surface area contributed by atoms with Gasteiger partial charge in [0.2, 0.25) is 0 Å². The van der Waals surface area contributed by atoms with Crippen molar-refractivity contribution in [2.45, 2.75) is 9.79 Å². The number of hydrogen-bond donors (Lipinski definition) is 0. The third kappa shape index (κ3) is 3.39. The Morgan fingerprint density at radius 1 is 1.06 bits per heavy atom. The van der Waals surface area contributed by atoms with E-state index < -0.39 is 0 Å². The quantitative estimate of drug-likeness (QED) is 0.543. The summed E-state index contributed by atoms with van der Waals surface area (Å²) in [6.45, 7) is 0. The topological polar surface area (TPSA) is 0 Å². The zero-order valence-corrected chi connectivity index (χ0v) is 13.4. The summed E-state index contributed by atoms with van der Waals surface area (Å²) in [5.41, 5.74) is 0. The summed E-state index contributed by atoms with van der Waals surface area (Å²) in [4.78, 5) is 2.45. The molecule has 0 nitrogen and oxygen atoms in total. The fourth-order valence-corrected chi connectivity index (χ4v) is 3.77. The minimum atomic E-state index is 0.773. The third-order valence-electron chi connectivity index (χ3n) is 1.94. The monoisotopic (exact) mass is 424 g/mol. The van der Waals surface area contributed by atoms with Gasteiger partial charge in [-0.3, -0.25) is 0 Å². The normalized spacial score (nSPS) is 10.4. The maximum absolute atomic E-state index is 5.85. The average molecular weight is 426 g/mol. The molecule has 0 saturated heterocycles. The van der Waals surface area contributed by atoms with Gasteiger partial charge in [0.15, 0.2) is 0 Å². The van der Waals surface area contributed by atoms with Crippen LogP contribution in [0.15, 0.2) is 56.7 Å². The van der Waals surface area contributed by atoms with Crippen molar-refractivity contribution in [3.63, 3.8) is 0 Å². The second-order valence-electron chi connectivity index (χ2n) is 3.13. The van der Waals surface area contributed by atoms with E-state index in [-0.39, 0.29) is 0 Å². The van der Waals surface area contributed by atoms with E-state index in [1.54, 1.807) is 11.8 Å². The highest BCUT2D eigenvalue weighted by atomic mass is 127. The van der Waals surface area contributed by atoms with Crippen LogP contribution in [0, 0.1) is 3.57 Å². The van der Waals surface area contributed by atoms with Crippen molar-refractivity contribution >= 4 is 61.9 Å². The van der Waals surface area contributed by atoms with Gasteiger partial charge in [-0.25, -0.2) is 0 Å². The van der Waals surface area contributed by atoms with E-state index in [2.05, 4.69) is 56.7 Å². The lowest BCUT2D eigenvalue weighted by atomic mass is 10.4. The molecule has 0 aliphatic rings. The molecule has 0 aliphatic carbocycles. The second kappa shape index (κ2) is 5.76. The van der Waals surface area contributed by atoms with E-state index in [9.17, 15) is 0 Å². The molecule has 2 aromatic rings. The molecule has 2 aromatic carbocycles. The van der Waals surface area contributed by atoms with Crippen molar-refractivity contribution in [1.29, 1.82) is 0 Å². The molecule has 0 spiro atoms. The molecule has 16 heavy (non-hydrogen) atoms. The van der Waals surface area contributed by atoms with Gasteiger partial charge in [-0.2, -0.15) is 0 Å². The molecule has 0 bridgehead atoms. The molecule has 0 N–H and O–H groups in total. The number of hydrogen-bond acceptors (Lipinski definition) is 1. The summed E-state index contributed by atoms with van der Waals surface area (Å²) in [6, 6.07) is 14.2. The van der Waals surface area contributed by atoms with Crippen molar-refractivity contribution in [3.8, 4) is 0 Å². The molecular weight excluding hydrogens is 418 g/mol. The van der Waals surface area contributed by atoms with E-state index >= 15 is 0 Å². The van der Waals surface area contributed by atoms with Crippen LogP contribution in [-0.2, 0) is 0 Å². The summed E-state index contributed by atoms with van der Waals surface area (Å²) in [7, 11) is 0. The fraction of sp³-hybridized carbons (Fsp3) is 0. The molecular formula is C12H7BrClIS. The van der Waals surface area contributed by atoms with Gasteiger partial charge in [-0.05, 0) is 65.1 Å². The Morgan fingerprint density at radius 3 is 2.38 bits per heavy atom. The lowest BCUT2D eigenvalue weighted by molar-refractivity contribution is 1.36. The molecule has 0 aromatic heterocycles. The van der Waals surface area contributed by atoms with Crippen LogP contribution in [0.4, 0.5) is 0 Å². The van der Waals surface area contributed by atoms with Crippen LogP contribution in [0.3, 0.4) is 0 Å². The minimum absolute atomic E-state index is 0.773. The Morgan fingerprint density at radius 2 is 1.75 bits per heavy atom. The minimum Gasteiger partial charge on any atom is -0.0890 e. The predicted molar refractivity (Wildman–Crippen MR) is 82.4 cm³/mol. The lowest BCUT2D eigenvalue weighted by Crippen LogP contribution is -1.79. The molecule has 0 heterocycles. The van der Waals surface area contributed by atoms with Gasteiger partial charge < -0.3 is 0 Å². The van der Waals surface area contributed by atoms with Gasteiger partial charge in [0.25, 0.3) is 0 Å². The van der Waals surface area contributed by atoms with E-state index in [1.165, 1.54) is 13.4 Å². The molecule has 0 radical (unpaired) electrons. The molecule has 0 saturated carbocycles. The molecule has 0 amide bonds. The van der Waals surface area contributed by atoms with E-state index in [1.807, 2.05) is 24.3 Å². The largest absolute Gasteiger partial charge is 0.0890 e. The number of benzene rings is 2. The van der Waals surface area contributed by atoms with Crippen LogP contribution < -0.4 is 0 Å². The SMILES string of the molecule is Clc1ccc(Sc2ccc(Br)cc2I)cc1. The Labute approximate surface area is 126 Å². The van der Waals surface area contributed by atoms with Crippen molar-refractivity contribution in [2.24, 2.45) is 0 Å². The fourth-order valence-electron chi connectivity index (χ4n) is 1.19. The van der Waals surface area contributed by atoms with Crippen molar-refractivity contribution in [3.05, 3.63) is 55.5 Å². The van der Waals surface area contributed by atoms with E-state index in [0.29, 0.717) is 0 Å². The standard InChI is InChI=1S/C12H7BrClIS/c13-8-1-6-12(11(15)7-8)16-10-4-2-9(14)3-5-10/h1-7H. The van der Waals surface area contributed by atoms with Gasteiger partial charge in [0, 0.05) is 22.9 Å². The Balaban J connectivity index is 2.23. The first-order valence-electron chi connectivity index (χ1n) is 4.53. The van der Waals surface area contributed by atoms with Gasteiger partial charge in [-0.1, -0.05) is 39.3 Å². The molecule has 82 valence electrons. The maximum Gasteiger partial charge on any atom is 0.0406 e. The van der Waals surface area contributed by atoms with Crippen LogP contribution in [-0.4, -0.2) is 0 Å². The first-order chi connectivity index (χ1) is 7.65. The highest BCUT2D eigenvalue weighted by Gasteiger charge is 2.02. The van der Waals surface area contributed by atoms with Crippen LogP contribution in [0.1, 0.15) is 0 Å². The average Bonchev–Trinajstić information content (AvgIpc) is 2.25. The first-order valence-corrected chi connectivity index (χ1v) is 7.60. The number of rotatable bonds is 2. The molecule has 0 unspecified atom stereocenters. The maximum atomic E-state index is 5.85. The summed E-state index contributed by atoms with van der Waals surface area (Å²) in [5, 5.41) is 0.773. The second-order valence-corrected chi connectivity index (χ2v) is 6.76. The molecule has 0 atom stereocenters. The van der Waals surface area contributed by atoms with Crippen LogP contribution in [0.25, 0.3) is 0 Å². The van der Waals surface area contributed by atoms with Crippen LogP contribution in [0.2, 0.25) is 5.02 Å². The first kappa shape index (κ1) is 12.7. The van der Waals surface area contributed by atoms with Gasteiger partial charge in [0.1, 0.15) is 0 Å². The van der Waals surface area contributed by atoms with Crippen molar-refractivity contribution in [1.82, 2.24) is 0 Å². The zero-order valence-electron chi connectivity index (χ0n) is 8.08. The smallest absolute Gasteiger partial charge is 0.0406 e. The van der Waals surface area contributed by atoms with E-state index in [4.69, 9.17) is 11.6 Å².